The average Bonchev–Trinajstić information content (AvgIpc) is 3.29. The van der Waals surface area contributed by atoms with E-state index in [-0.39, 0.29) is 0 Å². The van der Waals surface area contributed by atoms with Gasteiger partial charge in [0.25, 0.3) is 0 Å². The normalized spacial score (nSPS) is 19.8. The zero-order chi connectivity index (χ0) is 21.2. The van der Waals surface area contributed by atoms with E-state index >= 15 is 0 Å². The van der Waals surface area contributed by atoms with E-state index in [1.54, 1.807) is 7.11 Å². The highest BCUT2D eigenvalue weighted by atomic mass is 17.2. The molecule has 31 heavy (non-hydrogen) atoms. The molecule has 154 valence electrons. The van der Waals surface area contributed by atoms with Crippen LogP contribution >= 0.6 is 0 Å². The van der Waals surface area contributed by atoms with Crippen LogP contribution in [0.5, 0.6) is 5.75 Å². The Morgan fingerprint density at radius 3 is 1.23 bits per heavy atom. The summed E-state index contributed by atoms with van der Waals surface area (Å²) in [6, 6.07) is 38.9. The van der Waals surface area contributed by atoms with Gasteiger partial charge in [-0.2, -0.15) is 0 Å². The maximum Gasteiger partial charge on any atom is 0.157 e. The third-order valence-corrected chi connectivity index (χ3v) is 6.10. The third kappa shape index (κ3) is 3.32. The molecule has 0 radical (unpaired) electrons. The van der Waals surface area contributed by atoms with E-state index in [1.807, 2.05) is 66.7 Å². The summed E-state index contributed by atoms with van der Waals surface area (Å²) >= 11 is 0. The molecule has 4 aromatic carbocycles. The van der Waals surface area contributed by atoms with Crippen LogP contribution in [-0.2, 0) is 21.0 Å². The van der Waals surface area contributed by atoms with Gasteiger partial charge in [0.1, 0.15) is 5.75 Å². The first-order valence-corrected chi connectivity index (χ1v) is 10.4. The van der Waals surface area contributed by atoms with Gasteiger partial charge in [0.2, 0.25) is 0 Å². The first-order chi connectivity index (χ1) is 15.3. The molecule has 3 nitrogen and oxygen atoms in total. The Hall–Kier alpha value is -3.40. The largest absolute Gasteiger partial charge is 0.497 e. The average molecular weight is 408 g/mol. The minimum absolute atomic E-state index is 0.602. The summed E-state index contributed by atoms with van der Waals surface area (Å²) in [5.74, 6) is 0.809. The Labute approximate surface area is 182 Å². The molecule has 0 spiro atoms. The van der Waals surface area contributed by atoms with Crippen molar-refractivity contribution in [2.24, 2.45) is 0 Å². The van der Waals surface area contributed by atoms with E-state index in [0.29, 0.717) is 6.42 Å². The van der Waals surface area contributed by atoms with Gasteiger partial charge in [-0.3, -0.25) is 0 Å². The molecule has 0 bridgehead atoms. The van der Waals surface area contributed by atoms with Crippen LogP contribution < -0.4 is 4.74 Å². The lowest BCUT2D eigenvalue weighted by Gasteiger charge is -2.30. The van der Waals surface area contributed by atoms with Crippen LogP contribution in [0.3, 0.4) is 0 Å². The van der Waals surface area contributed by atoms with Crippen molar-refractivity contribution in [3.8, 4) is 5.75 Å². The quantitative estimate of drug-likeness (QED) is 0.366. The van der Waals surface area contributed by atoms with Crippen LogP contribution in [0, 0.1) is 0 Å². The van der Waals surface area contributed by atoms with E-state index in [1.165, 1.54) is 0 Å². The van der Waals surface area contributed by atoms with Gasteiger partial charge in [-0.05, 0) is 34.4 Å². The summed E-state index contributed by atoms with van der Waals surface area (Å²) in [5.41, 5.74) is 2.69. The van der Waals surface area contributed by atoms with Crippen molar-refractivity contribution in [3.05, 3.63) is 138 Å². The first kappa shape index (κ1) is 19.6. The molecule has 0 aromatic heterocycles. The highest BCUT2D eigenvalue weighted by Crippen LogP contribution is 2.54. The SMILES string of the molecule is COc1ccc(C2(c3ccccc3)CC(c3ccccc3)(c3ccccc3)OO2)cc1. The molecule has 1 fully saturated rings. The zero-order valence-electron chi connectivity index (χ0n) is 17.4. The molecule has 0 N–H and O–H groups in total. The summed E-state index contributed by atoms with van der Waals surface area (Å²) < 4.78 is 5.38. The van der Waals surface area contributed by atoms with Crippen LogP contribution in [0.1, 0.15) is 28.7 Å². The van der Waals surface area contributed by atoms with E-state index in [0.717, 1.165) is 28.0 Å². The van der Waals surface area contributed by atoms with Crippen molar-refractivity contribution in [3.63, 3.8) is 0 Å². The molecular weight excluding hydrogens is 384 g/mol. The molecule has 1 heterocycles. The molecule has 3 heteroatoms. The van der Waals surface area contributed by atoms with Gasteiger partial charge in [0.05, 0.1) is 7.11 Å². The molecule has 5 rings (SSSR count). The van der Waals surface area contributed by atoms with Crippen molar-refractivity contribution in [1.82, 2.24) is 0 Å². The lowest BCUT2D eigenvalue weighted by atomic mass is 9.73. The number of methoxy groups -OCH3 is 1. The van der Waals surface area contributed by atoms with Crippen molar-refractivity contribution in [1.29, 1.82) is 0 Å². The minimum Gasteiger partial charge on any atom is -0.497 e. The van der Waals surface area contributed by atoms with E-state index in [4.69, 9.17) is 14.5 Å². The van der Waals surface area contributed by atoms with Gasteiger partial charge < -0.3 is 4.74 Å². The number of benzene rings is 4. The number of hydrogen-bond donors (Lipinski definition) is 0. The highest BCUT2D eigenvalue weighted by molar-refractivity contribution is 5.45. The van der Waals surface area contributed by atoms with Crippen LogP contribution in [0.25, 0.3) is 0 Å². The molecule has 1 aliphatic rings. The number of ether oxygens (including phenoxy) is 1. The van der Waals surface area contributed by atoms with Gasteiger partial charge >= 0.3 is 0 Å². The maximum absolute atomic E-state index is 6.37. The molecule has 1 saturated heterocycles. The van der Waals surface area contributed by atoms with Crippen LogP contribution in [-0.4, -0.2) is 7.11 Å². The molecule has 0 aliphatic carbocycles. The summed E-state index contributed by atoms with van der Waals surface area (Å²) in [6.07, 6.45) is 0.602. The van der Waals surface area contributed by atoms with E-state index < -0.39 is 11.2 Å². The highest BCUT2D eigenvalue weighted by Gasteiger charge is 2.55. The summed E-state index contributed by atoms with van der Waals surface area (Å²) in [5, 5.41) is 0. The van der Waals surface area contributed by atoms with Crippen LogP contribution in [0.4, 0.5) is 0 Å². The zero-order valence-corrected chi connectivity index (χ0v) is 17.4. The second-order valence-corrected chi connectivity index (χ2v) is 7.82. The van der Waals surface area contributed by atoms with E-state index in [2.05, 4.69) is 48.5 Å². The maximum atomic E-state index is 6.37. The van der Waals surface area contributed by atoms with E-state index in [9.17, 15) is 0 Å². The topological polar surface area (TPSA) is 27.7 Å². The van der Waals surface area contributed by atoms with Crippen molar-refractivity contribution in [2.45, 2.75) is 17.6 Å². The number of hydrogen-bond acceptors (Lipinski definition) is 3. The van der Waals surface area contributed by atoms with Gasteiger partial charge in [-0.1, -0.05) is 103 Å². The molecule has 0 saturated carbocycles. The Morgan fingerprint density at radius 1 is 0.516 bits per heavy atom. The fourth-order valence-electron chi connectivity index (χ4n) is 4.47. The second-order valence-electron chi connectivity index (χ2n) is 7.82. The molecule has 0 amide bonds. The predicted octanol–water partition coefficient (Wildman–Crippen LogP) is 6.23. The monoisotopic (exact) mass is 408 g/mol. The van der Waals surface area contributed by atoms with Crippen molar-refractivity contribution >= 4 is 0 Å². The molecule has 4 aromatic rings. The fourth-order valence-corrected chi connectivity index (χ4v) is 4.47. The molecular formula is C28H24O3. The standard InChI is InChI=1S/C28H24O3/c1-29-26-19-17-25(18-20-26)28(24-15-9-4-10-16-24)21-27(30-31-28,22-11-5-2-6-12-22)23-13-7-3-8-14-23/h2-20H,21H2,1H3. The minimum atomic E-state index is -0.765. The molecule has 1 atom stereocenters. The lowest BCUT2D eigenvalue weighted by molar-refractivity contribution is -0.341. The second kappa shape index (κ2) is 8.03. The van der Waals surface area contributed by atoms with Gasteiger partial charge in [-0.15, -0.1) is 0 Å². The lowest BCUT2D eigenvalue weighted by Crippen LogP contribution is -2.31. The summed E-state index contributed by atoms with van der Waals surface area (Å²) in [6.45, 7) is 0. The Morgan fingerprint density at radius 2 is 0.871 bits per heavy atom. The fraction of sp³-hybridized carbons (Fsp3) is 0.143. The molecule has 1 aliphatic heterocycles. The van der Waals surface area contributed by atoms with Gasteiger partial charge in [0.15, 0.2) is 11.2 Å². The number of rotatable bonds is 5. The summed E-state index contributed by atoms with van der Waals surface area (Å²) in [7, 11) is 1.67. The Kier molecular flexibility index (Phi) is 5.06. The van der Waals surface area contributed by atoms with Crippen molar-refractivity contribution < 1.29 is 14.5 Å². The van der Waals surface area contributed by atoms with Gasteiger partial charge in [0, 0.05) is 6.42 Å². The van der Waals surface area contributed by atoms with Crippen LogP contribution in [0.15, 0.2) is 115 Å². The smallest absolute Gasteiger partial charge is 0.157 e. The first-order valence-electron chi connectivity index (χ1n) is 10.4. The molecule has 1 unspecified atom stereocenters. The Balaban J connectivity index is 1.70. The van der Waals surface area contributed by atoms with Crippen molar-refractivity contribution in [2.75, 3.05) is 7.11 Å². The third-order valence-electron chi connectivity index (χ3n) is 6.10. The summed E-state index contributed by atoms with van der Waals surface area (Å²) in [4.78, 5) is 12.7. The van der Waals surface area contributed by atoms with Crippen LogP contribution in [0.2, 0.25) is 0 Å². The Bertz CT molecular complexity index is 1090. The predicted molar refractivity (Wildman–Crippen MR) is 121 cm³/mol. The van der Waals surface area contributed by atoms with Gasteiger partial charge in [-0.25, -0.2) is 9.78 Å².